The van der Waals surface area contributed by atoms with Crippen LogP contribution in [-0.2, 0) is 0 Å². The topological polar surface area (TPSA) is 23.8 Å². The first kappa shape index (κ1) is 3.68. The molecule has 38 valence electrons. The molecule has 0 atom stereocenters. The van der Waals surface area contributed by atoms with Gasteiger partial charge in [-0.3, -0.25) is 0 Å². The smallest absolute Gasteiger partial charge is 0.0991 e. The number of nitriles is 1. The van der Waals surface area contributed by atoms with E-state index in [1.165, 1.54) is 6.07 Å². The van der Waals surface area contributed by atoms with Gasteiger partial charge in [0.15, 0.2) is 0 Å². The molecule has 0 aromatic heterocycles. The summed E-state index contributed by atoms with van der Waals surface area (Å²) in [5.74, 6) is 0. The van der Waals surface area contributed by atoms with Crippen LogP contribution in [0.2, 0.25) is 0 Å². The zero-order chi connectivity index (χ0) is 6.69. The van der Waals surface area contributed by atoms with Crippen LogP contribution in [0.25, 0.3) is 0 Å². The minimum atomic E-state index is 0.383. The molecule has 0 bridgehead atoms. The van der Waals surface area contributed by atoms with Crippen molar-refractivity contribution in [2.75, 3.05) is 0 Å². The van der Waals surface area contributed by atoms with Gasteiger partial charge in [0.2, 0.25) is 0 Å². The number of nitrogens with zero attached hydrogens (tertiary/aromatic N) is 1. The summed E-state index contributed by atoms with van der Waals surface area (Å²) >= 11 is 0. The molecule has 0 aliphatic heterocycles. The van der Waals surface area contributed by atoms with Crippen molar-refractivity contribution in [2.45, 2.75) is 0 Å². The Morgan fingerprint density at radius 2 is 2.38 bits per heavy atom. The maximum absolute atomic E-state index is 8.33. The Hall–Kier alpha value is -1.29. The average molecular weight is 104 g/mol. The SMILES string of the molecule is [2H]c1cccc(C#N)c1. The van der Waals surface area contributed by atoms with Crippen LogP contribution in [0.15, 0.2) is 30.3 Å². The first-order chi connectivity index (χ1) is 4.33. The third-order valence-electron chi connectivity index (χ3n) is 0.836. The van der Waals surface area contributed by atoms with Crippen molar-refractivity contribution in [1.29, 1.82) is 5.26 Å². The van der Waals surface area contributed by atoms with Gasteiger partial charge in [0.05, 0.1) is 13.0 Å². The van der Waals surface area contributed by atoms with Gasteiger partial charge in [0, 0.05) is 0 Å². The van der Waals surface area contributed by atoms with E-state index in [-0.39, 0.29) is 0 Å². The van der Waals surface area contributed by atoms with Crippen molar-refractivity contribution in [1.82, 2.24) is 0 Å². The molecule has 1 rings (SSSR count). The largest absolute Gasteiger partial charge is 0.192 e. The highest BCUT2D eigenvalue weighted by Gasteiger charge is 1.79. The molecule has 0 saturated heterocycles. The quantitative estimate of drug-likeness (QED) is 0.490. The Bertz CT molecular complexity index is 249. The van der Waals surface area contributed by atoms with Gasteiger partial charge in [0.25, 0.3) is 0 Å². The molecule has 0 fully saturated rings. The van der Waals surface area contributed by atoms with E-state index in [2.05, 4.69) is 0 Å². The maximum atomic E-state index is 8.33. The minimum Gasteiger partial charge on any atom is -0.192 e. The van der Waals surface area contributed by atoms with Gasteiger partial charge < -0.3 is 0 Å². The summed E-state index contributed by atoms with van der Waals surface area (Å²) in [6.07, 6.45) is 0. The van der Waals surface area contributed by atoms with Crippen LogP contribution in [-0.4, -0.2) is 0 Å². The summed E-state index contributed by atoms with van der Waals surface area (Å²) in [4.78, 5) is 0. The Labute approximate surface area is 49.6 Å². The van der Waals surface area contributed by atoms with E-state index in [4.69, 9.17) is 6.63 Å². The highest BCUT2D eigenvalue weighted by Crippen LogP contribution is 1.92. The van der Waals surface area contributed by atoms with E-state index in [0.29, 0.717) is 11.6 Å². The molecule has 0 aliphatic rings. The monoisotopic (exact) mass is 104 g/mol. The molecular weight excluding hydrogens is 98.1 g/mol. The molecular formula is C7H5N. The lowest BCUT2D eigenvalue weighted by atomic mass is 10.2. The number of rotatable bonds is 0. The zero-order valence-corrected chi connectivity index (χ0v) is 4.26. The second-order valence-corrected chi connectivity index (χ2v) is 1.40. The summed E-state index contributed by atoms with van der Waals surface area (Å²) in [6.45, 7) is 0. The average Bonchev–Trinajstić information content (AvgIpc) is 1.88. The maximum Gasteiger partial charge on any atom is 0.0991 e. The summed E-state index contributed by atoms with van der Waals surface area (Å²) in [7, 11) is 0. The van der Waals surface area contributed by atoms with Crippen LogP contribution >= 0.6 is 0 Å². The molecule has 1 heteroatoms. The fourth-order valence-electron chi connectivity index (χ4n) is 0.463. The van der Waals surface area contributed by atoms with Crippen molar-refractivity contribution in [3.05, 3.63) is 35.9 Å². The lowest BCUT2D eigenvalue weighted by Gasteiger charge is -1.80. The summed E-state index contributed by atoms with van der Waals surface area (Å²) in [6, 6.07) is 8.87. The molecule has 0 radical (unpaired) electrons. The van der Waals surface area contributed by atoms with Gasteiger partial charge >= 0.3 is 0 Å². The van der Waals surface area contributed by atoms with Crippen LogP contribution in [0.1, 0.15) is 6.93 Å². The first-order valence-corrected chi connectivity index (χ1v) is 2.29. The van der Waals surface area contributed by atoms with E-state index in [1.54, 1.807) is 18.2 Å². The van der Waals surface area contributed by atoms with E-state index in [1.807, 2.05) is 6.07 Å². The van der Waals surface area contributed by atoms with E-state index in [9.17, 15) is 0 Å². The van der Waals surface area contributed by atoms with Crippen LogP contribution in [0.5, 0.6) is 0 Å². The summed E-state index contributed by atoms with van der Waals surface area (Å²) in [5.41, 5.74) is 0.544. The van der Waals surface area contributed by atoms with Crippen molar-refractivity contribution in [3.63, 3.8) is 0 Å². The lowest BCUT2D eigenvalue weighted by Crippen LogP contribution is -1.66. The van der Waals surface area contributed by atoms with Gasteiger partial charge in [-0.1, -0.05) is 18.2 Å². The molecule has 0 aliphatic carbocycles. The normalized spacial score (nSPS) is 9.62. The molecule has 0 N–H and O–H groups in total. The molecule has 1 aromatic rings. The second-order valence-electron chi connectivity index (χ2n) is 1.40. The molecule has 0 heterocycles. The molecule has 1 aromatic carbocycles. The number of hydrogen-bond donors (Lipinski definition) is 0. The van der Waals surface area contributed by atoms with Gasteiger partial charge in [0.1, 0.15) is 0 Å². The van der Waals surface area contributed by atoms with E-state index >= 15 is 0 Å². The Kier molecular flexibility index (Phi) is 0.980. The third-order valence-corrected chi connectivity index (χ3v) is 0.836. The zero-order valence-electron chi connectivity index (χ0n) is 5.26. The Balaban J connectivity index is 3.12. The van der Waals surface area contributed by atoms with Crippen molar-refractivity contribution in [2.24, 2.45) is 0 Å². The Morgan fingerprint density at radius 1 is 1.50 bits per heavy atom. The van der Waals surface area contributed by atoms with Crippen molar-refractivity contribution in [3.8, 4) is 6.07 Å². The molecule has 1 nitrogen and oxygen atoms in total. The summed E-state index contributed by atoms with van der Waals surface area (Å²) in [5, 5.41) is 8.33. The minimum absolute atomic E-state index is 0.383. The van der Waals surface area contributed by atoms with Crippen molar-refractivity contribution < 1.29 is 1.37 Å². The molecule has 0 amide bonds. The third kappa shape index (κ3) is 0.855. The van der Waals surface area contributed by atoms with Crippen LogP contribution in [0.3, 0.4) is 0 Å². The predicted molar refractivity (Wildman–Crippen MR) is 31.2 cm³/mol. The van der Waals surface area contributed by atoms with Gasteiger partial charge in [-0.25, -0.2) is 0 Å². The summed E-state index contributed by atoms with van der Waals surface area (Å²) < 4.78 is 7.09. The van der Waals surface area contributed by atoms with Crippen LogP contribution in [0.4, 0.5) is 0 Å². The van der Waals surface area contributed by atoms with Crippen LogP contribution < -0.4 is 0 Å². The second kappa shape index (κ2) is 2.13. The van der Waals surface area contributed by atoms with Crippen LogP contribution in [0, 0.1) is 11.3 Å². The molecule has 0 unspecified atom stereocenters. The van der Waals surface area contributed by atoms with E-state index < -0.39 is 0 Å². The van der Waals surface area contributed by atoms with E-state index in [0.717, 1.165) is 0 Å². The molecule has 0 saturated carbocycles. The van der Waals surface area contributed by atoms with Gasteiger partial charge in [-0.15, -0.1) is 0 Å². The molecule has 0 spiro atoms. The van der Waals surface area contributed by atoms with Gasteiger partial charge in [-0.05, 0) is 12.1 Å². The fraction of sp³-hybridized carbons (Fsp3) is 0. The Morgan fingerprint density at radius 3 is 2.88 bits per heavy atom. The first-order valence-electron chi connectivity index (χ1n) is 2.79. The fourth-order valence-corrected chi connectivity index (χ4v) is 0.463. The standard InChI is InChI=1S/C7H5N/c8-6-7-4-2-1-3-5-7/h1-5H/i2D. The predicted octanol–water partition coefficient (Wildman–Crippen LogP) is 1.56. The van der Waals surface area contributed by atoms with Crippen molar-refractivity contribution >= 4 is 0 Å². The lowest BCUT2D eigenvalue weighted by molar-refractivity contribution is 1.49. The highest BCUT2D eigenvalue weighted by atomic mass is 14.2. The molecule has 8 heavy (non-hydrogen) atoms. The van der Waals surface area contributed by atoms with Gasteiger partial charge in [-0.2, -0.15) is 5.26 Å². The number of benzene rings is 1. The highest BCUT2D eigenvalue weighted by molar-refractivity contribution is 5.27. The number of hydrogen-bond acceptors (Lipinski definition) is 1.